The number of rotatable bonds is 4. The zero-order valence-corrected chi connectivity index (χ0v) is 16.9. The maximum absolute atomic E-state index is 13.0. The van der Waals surface area contributed by atoms with Gasteiger partial charge in [-0.05, 0) is 93.0 Å². The normalized spacial score (nSPS) is 10.8. The van der Waals surface area contributed by atoms with E-state index in [0.717, 1.165) is 5.56 Å². The van der Waals surface area contributed by atoms with Crippen molar-refractivity contribution in [3.8, 4) is 11.5 Å². The van der Waals surface area contributed by atoms with Crippen LogP contribution in [0.4, 0.5) is 0 Å². The molecule has 27 heavy (non-hydrogen) atoms. The Morgan fingerprint density at radius 2 is 1.44 bits per heavy atom. The van der Waals surface area contributed by atoms with Gasteiger partial charge in [0.25, 0.3) is 0 Å². The van der Waals surface area contributed by atoms with Crippen LogP contribution in [0.3, 0.4) is 0 Å². The van der Waals surface area contributed by atoms with Crippen LogP contribution in [0.2, 0.25) is 0 Å². The van der Waals surface area contributed by atoms with Crippen molar-refractivity contribution in [2.75, 3.05) is 0 Å². The van der Waals surface area contributed by atoms with Crippen LogP contribution in [-0.4, -0.2) is 22.2 Å². The summed E-state index contributed by atoms with van der Waals surface area (Å²) in [7, 11) is 0. The molecule has 0 saturated heterocycles. The minimum absolute atomic E-state index is 0.143. The fourth-order valence-corrected chi connectivity index (χ4v) is 3.59. The van der Waals surface area contributed by atoms with Crippen molar-refractivity contribution in [1.29, 1.82) is 0 Å². The van der Waals surface area contributed by atoms with Crippen LogP contribution in [0.5, 0.6) is 11.5 Å². The minimum Gasteiger partial charge on any atom is -0.508 e. The predicted molar refractivity (Wildman–Crippen MR) is 104 cm³/mol. The van der Waals surface area contributed by atoms with Gasteiger partial charge in [0.15, 0.2) is 0 Å². The molecule has 2 rings (SSSR count). The van der Waals surface area contributed by atoms with Gasteiger partial charge in [-0.3, -0.25) is 0 Å². The molecule has 0 saturated carbocycles. The molecule has 0 aliphatic heterocycles. The number of carbonyl (C=O) groups excluding carboxylic acids is 1. The molecule has 0 fully saturated rings. The lowest BCUT2D eigenvalue weighted by Gasteiger charge is -2.20. The molecule has 0 heterocycles. The number of aromatic hydroxyl groups is 1. The zero-order chi connectivity index (χ0) is 20.6. The quantitative estimate of drug-likeness (QED) is 0.601. The maximum atomic E-state index is 13.0. The van der Waals surface area contributed by atoms with Crippen molar-refractivity contribution in [3.05, 3.63) is 56.1 Å². The highest BCUT2D eigenvalue weighted by Gasteiger charge is 2.25. The molecule has 0 aliphatic rings. The number of hydrogen-bond acceptors (Lipinski definition) is 4. The molecular formula is C22H26O5. The molecule has 5 nitrogen and oxygen atoms in total. The number of carbonyl (C=O) groups is 2. The van der Waals surface area contributed by atoms with Gasteiger partial charge in [-0.2, -0.15) is 0 Å². The first-order valence-corrected chi connectivity index (χ1v) is 8.90. The van der Waals surface area contributed by atoms with E-state index in [9.17, 15) is 19.8 Å². The van der Waals surface area contributed by atoms with Crippen molar-refractivity contribution in [2.45, 2.75) is 54.9 Å². The monoisotopic (exact) mass is 370 g/mol. The molecule has 2 aromatic carbocycles. The Balaban J connectivity index is 2.64. The lowest BCUT2D eigenvalue weighted by Crippen LogP contribution is -2.17. The van der Waals surface area contributed by atoms with E-state index in [1.165, 1.54) is 0 Å². The maximum Gasteiger partial charge on any atom is 0.344 e. The van der Waals surface area contributed by atoms with E-state index < -0.39 is 11.9 Å². The highest BCUT2D eigenvalue weighted by molar-refractivity contribution is 5.96. The van der Waals surface area contributed by atoms with Gasteiger partial charge < -0.3 is 14.9 Å². The van der Waals surface area contributed by atoms with Crippen molar-refractivity contribution in [2.24, 2.45) is 0 Å². The molecule has 0 spiro atoms. The molecule has 144 valence electrons. The number of ether oxygens (including phenoxy) is 1. The number of phenolic OH excluding ortho intramolecular Hbond substituents is 1. The van der Waals surface area contributed by atoms with E-state index in [2.05, 4.69) is 0 Å². The first-order chi connectivity index (χ1) is 12.5. The van der Waals surface area contributed by atoms with Crippen LogP contribution >= 0.6 is 0 Å². The van der Waals surface area contributed by atoms with Gasteiger partial charge in [0, 0.05) is 0 Å². The summed E-state index contributed by atoms with van der Waals surface area (Å²) in [4.78, 5) is 24.6. The van der Waals surface area contributed by atoms with E-state index >= 15 is 0 Å². The lowest BCUT2D eigenvalue weighted by atomic mass is 9.91. The number of esters is 1. The molecule has 2 aromatic rings. The molecule has 5 heteroatoms. The average molecular weight is 370 g/mol. The van der Waals surface area contributed by atoms with Crippen LogP contribution < -0.4 is 4.74 Å². The number of carboxylic acid groups (broad SMARTS) is 1. The van der Waals surface area contributed by atoms with Crippen molar-refractivity contribution in [3.63, 3.8) is 0 Å². The van der Waals surface area contributed by atoms with Crippen molar-refractivity contribution >= 4 is 11.9 Å². The van der Waals surface area contributed by atoms with Gasteiger partial charge in [-0.15, -0.1) is 0 Å². The summed E-state index contributed by atoms with van der Waals surface area (Å²) in [6.07, 6.45) is 0.544. The van der Waals surface area contributed by atoms with Crippen LogP contribution in [0, 0.1) is 41.5 Å². The summed E-state index contributed by atoms with van der Waals surface area (Å²) in [6.45, 7) is 12.4. The van der Waals surface area contributed by atoms with Crippen molar-refractivity contribution < 1.29 is 24.5 Å². The van der Waals surface area contributed by atoms with Gasteiger partial charge in [-0.1, -0.05) is 6.92 Å². The molecule has 0 aromatic heterocycles. The number of aryl methyl sites for hydroxylation is 1. The second kappa shape index (κ2) is 7.43. The summed E-state index contributed by atoms with van der Waals surface area (Å²) in [5, 5.41) is 19.5. The second-order valence-corrected chi connectivity index (χ2v) is 6.94. The van der Waals surface area contributed by atoms with Crippen LogP contribution in [0.15, 0.2) is 6.07 Å². The minimum atomic E-state index is -0.985. The molecule has 2 N–H and O–H groups in total. The largest absolute Gasteiger partial charge is 0.508 e. The molecule has 0 unspecified atom stereocenters. The fraction of sp³-hybridized carbons (Fsp3) is 0.364. The highest BCUT2D eigenvalue weighted by Crippen LogP contribution is 2.35. The Hall–Kier alpha value is -2.82. The molecule has 0 aliphatic carbocycles. The summed E-state index contributed by atoms with van der Waals surface area (Å²) < 4.78 is 5.79. The topological polar surface area (TPSA) is 83.8 Å². The van der Waals surface area contributed by atoms with E-state index in [-0.39, 0.29) is 11.3 Å². The summed E-state index contributed by atoms with van der Waals surface area (Å²) in [5.41, 5.74) is 5.19. The van der Waals surface area contributed by atoms with Crippen LogP contribution in [-0.2, 0) is 6.42 Å². The van der Waals surface area contributed by atoms with Gasteiger partial charge >= 0.3 is 11.9 Å². The molecule has 0 atom stereocenters. The number of benzene rings is 2. The second-order valence-electron chi connectivity index (χ2n) is 6.94. The van der Waals surface area contributed by atoms with Crippen LogP contribution in [0.25, 0.3) is 0 Å². The molecule has 0 bridgehead atoms. The van der Waals surface area contributed by atoms with Gasteiger partial charge in [0.2, 0.25) is 0 Å². The highest BCUT2D eigenvalue weighted by atomic mass is 16.5. The predicted octanol–water partition coefficient (Wildman–Crippen LogP) is 4.72. The van der Waals surface area contributed by atoms with Gasteiger partial charge in [0.1, 0.15) is 11.5 Å². The Labute approximate surface area is 159 Å². The molecule has 0 amide bonds. The summed E-state index contributed by atoms with van der Waals surface area (Å²) in [5.74, 6) is -0.925. The third-order valence-electron chi connectivity index (χ3n) is 5.42. The molecular weight excluding hydrogens is 344 g/mol. The standard InChI is InChI=1S/C22H26O5/c1-8-16-15(7)19(21(24)25)13(5)14(6)20(16)27-22(26)18-10(2)9-17(23)11(3)12(18)4/h9,23H,8H2,1-7H3,(H,24,25). The number of aromatic carboxylic acids is 1. The SMILES string of the molecule is CCc1c(C)c(C(=O)O)c(C)c(C)c1OC(=O)c1c(C)cc(O)c(C)c1C. The Bertz CT molecular complexity index is 954. The van der Waals surface area contributed by atoms with Crippen molar-refractivity contribution in [1.82, 2.24) is 0 Å². The Morgan fingerprint density at radius 1 is 0.889 bits per heavy atom. The third-order valence-corrected chi connectivity index (χ3v) is 5.42. The Kier molecular flexibility index (Phi) is 5.64. The number of carboxylic acids is 1. The first-order valence-electron chi connectivity index (χ1n) is 8.90. The Morgan fingerprint density at radius 3 is 1.96 bits per heavy atom. The molecule has 0 radical (unpaired) electrons. The average Bonchev–Trinajstić information content (AvgIpc) is 2.57. The summed E-state index contributed by atoms with van der Waals surface area (Å²) >= 11 is 0. The van der Waals surface area contributed by atoms with E-state index in [1.54, 1.807) is 47.6 Å². The fourth-order valence-electron chi connectivity index (χ4n) is 3.59. The lowest BCUT2D eigenvalue weighted by molar-refractivity contribution is 0.0694. The van der Waals surface area contributed by atoms with E-state index in [4.69, 9.17) is 4.74 Å². The van der Waals surface area contributed by atoms with E-state index in [0.29, 0.717) is 51.1 Å². The number of hydrogen-bond donors (Lipinski definition) is 2. The third kappa shape index (κ3) is 3.42. The first kappa shape index (κ1) is 20.5. The van der Waals surface area contributed by atoms with Gasteiger partial charge in [-0.25, -0.2) is 9.59 Å². The summed E-state index contributed by atoms with van der Waals surface area (Å²) in [6, 6.07) is 1.55. The number of phenols is 1. The van der Waals surface area contributed by atoms with Crippen LogP contribution in [0.1, 0.15) is 66.6 Å². The van der Waals surface area contributed by atoms with Gasteiger partial charge in [0.05, 0.1) is 11.1 Å². The zero-order valence-electron chi connectivity index (χ0n) is 16.9. The smallest absolute Gasteiger partial charge is 0.344 e. The van der Waals surface area contributed by atoms with E-state index in [1.807, 2.05) is 6.92 Å².